The van der Waals surface area contributed by atoms with E-state index in [2.05, 4.69) is 10.3 Å². The molecule has 6 heteroatoms. The molecule has 2 aromatic carbocycles. The molecule has 0 saturated heterocycles. The number of amides is 1. The van der Waals surface area contributed by atoms with Crippen molar-refractivity contribution in [2.24, 2.45) is 0 Å². The van der Waals surface area contributed by atoms with Gasteiger partial charge in [0.2, 0.25) is 0 Å². The summed E-state index contributed by atoms with van der Waals surface area (Å²) >= 11 is 1.27. The molecule has 1 amide bonds. The predicted octanol–water partition coefficient (Wildman–Crippen LogP) is 4.85. The standard InChI is InChI=1S/C19H13FN2O2S/c1-24-13-7-6-11-8-12-9-17(25-19(12)22-16(11)10-13)18(23)21-15-5-3-2-4-14(15)20/h2-10H,1H3,(H,21,23). The molecule has 4 nitrogen and oxygen atoms in total. The molecule has 124 valence electrons. The minimum Gasteiger partial charge on any atom is -0.497 e. The van der Waals surface area contributed by atoms with Crippen LogP contribution in [-0.4, -0.2) is 18.0 Å². The van der Waals surface area contributed by atoms with Crippen LogP contribution in [0.4, 0.5) is 10.1 Å². The van der Waals surface area contributed by atoms with E-state index >= 15 is 0 Å². The second kappa shape index (κ2) is 6.14. The summed E-state index contributed by atoms with van der Waals surface area (Å²) in [6.07, 6.45) is 0. The van der Waals surface area contributed by atoms with Crippen molar-refractivity contribution in [1.82, 2.24) is 4.98 Å². The second-order valence-corrected chi connectivity index (χ2v) is 6.52. The number of aromatic nitrogens is 1. The number of hydrogen-bond donors (Lipinski definition) is 1. The number of para-hydroxylation sites is 1. The first-order valence-corrected chi connectivity index (χ1v) is 8.40. The SMILES string of the molecule is COc1ccc2cc3cc(C(=O)Nc4ccccc4F)sc3nc2c1. The predicted molar refractivity (Wildman–Crippen MR) is 98.0 cm³/mol. The van der Waals surface area contributed by atoms with Crippen molar-refractivity contribution in [3.05, 3.63) is 65.3 Å². The molecule has 0 spiro atoms. The summed E-state index contributed by atoms with van der Waals surface area (Å²) in [5, 5.41) is 4.44. The Kier molecular flexibility index (Phi) is 3.82. The molecule has 4 rings (SSSR count). The topological polar surface area (TPSA) is 51.2 Å². The molecule has 0 aliphatic carbocycles. The Balaban J connectivity index is 1.71. The highest BCUT2D eigenvalue weighted by molar-refractivity contribution is 7.20. The van der Waals surface area contributed by atoms with Crippen LogP contribution in [0.1, 0.15) is 9.67 Å². The van der Waals surface area contributed by atoms with Crippen LogP contribution in [0, 0.1) is 5.82 Å². The van der Waals surface area contributed by atoms with Gasteiger partial charge in [0.1, 0.15) is 16.4 Å². The fourth-order valence-electron chi connectivity index (χ4n) is 2.59. The van der Waals surface area contributed by atoms with Gasteiger partial charge in [0, 0.05) is 16.8 Å². The number of rotatable bonds is 3. The fourth-order valence-corrected chi connectivity index (χ4v) is 3.51. The summed E-state index contributed by atoms with van der Waals surface area (Å²) in [5.74, 6) is -0.0870. The third-order valence-electron chi connectivity index (χ3n) is 3.86. The number of carbonyl (C=O) groups is 1. The van der Waals surface area contributed by atoms with Crippen molar-refractivity contribution >= 4 is 44.1 Å². The van der Waals surface area contributed by atoms with Gasteiger partial charge >= 0.3 is 0 Å². The lowest BCUT2D eigenvalue weighted by molar-refractivity contribution is 0.103. The molecule has 0 unspecified atom stereocenters. The molecule has 0 bridgehead atoms. The number of thiophene rings is 1. The summed E-state index contributed by atoms with van der Waals surface area (Å²) in [5.41, 5.74) is 0.961. The number of anilines is 1. The van der Waals surface area contributed by atoms with Crippen molar-refractivity contribution in [2.75, 3.05) is 12.4 Å². The molecule has 2 aromatic heterocycles. The average Bonchev–Trinajstić information content (AvgIpc) is 3.04. The van der Waals surface area contributed by atoms with Crippen LogP contribution in [-0.2, 0) is 0 Å². The van der Waals surface area contributed by atoms with Crippen molar-refractivity contribution in [2.45, 2.75) is 0 Å². The summed E-state index contributed by atoms with van der Waals surface area (Å²) in [6.45, 7) is 0. The minimum absolute atomic E-state index is 0.160. The van der Waals surface area contributed by atoms with Crippen LogP contribution < -0.4 is 10.1 Å². The van der Waals surface area contributed by atoms with E-state index in [4.69, 9.17) is 4.74 Å². The summed E-state index contributed by atoms with van der Waals surface area (Å²) in [4.78, 5) is 18.2. The van der Waals surface area contributed by atoms with E-state index < -0.39 is 5.82 Å². The first kappa shape index (κ1) is 15.5. The highest BCUT2D eigenvalue weighted by Gasteiger charge is 2.14. The molecule has 0 atom stereocenters. The smallest absolute Gasteiger partial charge is 0.265 e. The fraction of sp³-hybridized carbons (Fsp3) is 0.0526. The molecule has 4 aromatic rings. The lowest BCUT2D eigenvalue weighted by Crippen LogP contribution is -2.11. The summed E-state index contributed by atoms with van der Waals surface area (Å²) in [6, 6.07) is 15.5. The largest absolute Gasteiger partial charge is 0.497 e. The van der Waals surface area contributed by atoms with Crippen LogP contribution >= 0.6 is 11.3 Å². The van der Waals surface area contributed by atoms with Gasteiger partial charge in [-0.05, 0) is 36.4 Å². The number of fused-ring (bicyclic) bond motifs is 2. The monoisotopic (exact) mass is 352 g/mol. The van der Waals surface area contributed by atoms with Crippen molar-refractivity contribution in [3.63, 3.8) is 0 Å². The molecule has 0 radical (unpaired) electrons. The number of hydrogen-bond acceptors (Lipinski definition) is 4. The number of benzene rings is 2. The normalized spacial score (nSPS) is 11.0. The molecule has 25 heavy (non-hydrogen) atoms. The van der Waals surface area contributed by atoms with Crippen LogP contribution in [0.25, 0.3) is 21.1 Å². The number of nitrogens with one attached hydrogen (secondary N) is 1. The van der Waals surface area contributed by atoms with Gasteiger partial charge in [0.05, 0.1) is 23.2 Å². The van der Waals surface area contributed by atoms with E-state index in [1.807, 2.05) is 24.3 Å². The highest BCUT2D eigenvalue weighted by atomic mass is 32.1. The maximum atomic E-state index is 13.7. The molecule has 0 saturated carbocycles. The Hall–Kier alpha value is -2.99. The van der Waals surface area contributed by atoms with Crippen LogP contribution in [0.2, 0.25) is 0 Å². The minimum atomic E-state index is -0.465. The Bertz CT molecular complexity index is 1110. The summed E-state index contributed by atoms with van der Waals surface area (Å²) < 4.78 is 18.9. The zero-order chi connectivity index (χ0) is 17.4. The van der Waals surface area contributed by atoms with E-state index in [0.29, 0.717) is 4.88 Å². The first-order chi connectivity index (χ1) is 12.1. The third kappa shape index (κ3) is 2.92. The van der Waals surface area contributed by atoms with Crippen molar-refractivity contribution < 1.29 is 13.9 Å². The first-order valence-electron chi connectivity index (χ1n) is 7.58. The maximum absolute atomic E-state index is 13.7. The highest BCUT2D eigenvalue weighted by Crippen LogP contribution is 2.29. The maximum Gasteiger partial charge on any atom is 0.265 e. The van der Waals surface area contributed by atoms with E-state index in [1.54, 1.807) is 25.3 Å². The van der Waals surface area contributed by atoms with E-state index in [1.165, 1.54) is 23.5 Å². The van der Waals surface area contributed by atoms with E-state index in [0.717, 1.165) is 26.9 Å². The van der Waals surface area contributed by atoms with E-state index in [9.17, 15) is 9.18 Å². The molecule has 1 N–H and O–H groups in total. The number of pyridine rings is 1. The van der Waals surface area contributed by atoms with Gasteiger partial charge in [-0.25, -0.2) is 9.37 Å². The average molecular weight is 352 g/mol. The zero-order valence-electron chi connectivity index (χ0n) is 13.2. The zero-order valence-corrected chi connectivity index (χ0v) is 14.1. The van der Waals surface area contributed by atoms with Gasteiger partial charge in [-0.1, -0.05) is 12.1 Å². The Labute approximate surface area is 146 Å². The molecule has 0 aliphatic rings. The lowest BCUT2D eigenvalue weighted by Gasteiger charge is -2.03. The molecule has 0 aliphatic heterocycles. The van der Waals surface area contributed by atoms with Gasteiger partial charge in [-0.2, -0.15) is 0 Å². The summed E-state index contributed by atoms with van der Waals surface area (Å²) in [7, 11) is 1.61. The van der Waals surface area contributed by atoms with Gasteiger partial charge in [-0.3, -0.25) is 4.79 Å². The van der Waals surface area contributed by atoms with Gasteiger partial charge in [0.25, 0.3) is 5.91 Å². The van der Waals surface area contributed by atoms with Crippen LogP contribution in [0.3, 0.4) is 0 Å². The Morgan fingerprint density at radius 3 is 2.76 bits per heavy atom. The number of carbonyl (C=O) groups excluding carboxylic acids is 1. The lowest BCUT2D eigenvalue weighted by atomic mass is 10.2. The van der Waals surface area contributed by atoms with E-state index in [-0.39, 0.29) is 11.6 Å². The van der Waals surface area contributed by atoms with Crippen molar-refractivity contribution in [1.29, 1.82) is 0 Å². The Morgan fingerprint density at radius 2 is 1.96 bits per heavy atom. The molecule has 0 fully saturated rings. The van der Waals surface area contributed by atoms with Crippen LogP contribution in [0.5, 0.6) is 5.75 Å². The number of nitrogens with zero attached hydrogens (tertiary/aromatic N) is 1. The Morgan fingerprint density at radius 1 is 1.12 bits per heavy atom. The third-order valence-corrected chi connectivity index (χ3v) is 4.90. The van der Waals surface area contributed by atoms with Gasteiger partial charge in [0.15, 0.2) is 0 Å². The van der Waals surface area contributed by atoms with Gasteiger partial charge in [-0.15, -0.1) is 11.3 Å². The van der Waals surface area contributed by atoms with Crippen molar-refractivity contribution in [3.8, 4) is 5.75 Å². The second-order valence-electron chi connectivity index (χ2n) is 5.49. The molecule has 2 heterocycles. The molecular weight excluding hydrogens is 339 g/mol. The number of methoxy groups -OCH3 is 1. The van der Waals surface area contributed by atoms with Gasteiger partial charge < -0.3 is 10.1 Å². The van der Waals surface area contributed by atoms with Crippen LogP contribution in [0.15, 0.2) is 54.6 Å². The molecular formula is C19H13FN2O2S. The quantitative estimate of drug-likeness (QED) is 0.573. The number of halogens is 1. The number of ether oxygens (including phenoxy) is 1.